The molecule has 0 fully saturated rings. The molecule has 0 aromatic heterocycles. The molecule has 0 aliphatic carbocycles. The third kappa shape index (κ3) is 14.5. The van der Waals surface area contributed by atoms with Gasteiger partial charge in [0.15, 0.2) is 0 Å². The summed E-state index contributed by atoms with van der Waals surface area (Å²) in [5.41, 5.74) is 0. The van der Waals surface area contributed by atoms with E-state index in [1.807, 2.05) is 0 Å². The molecule has 0 bridgehead atoms. The molecular weight excluding hydrogens is 927 g/mol. The van der Waals surface area contributed by atoms with Gasteiger partial charge < -0.3 is 0 Å². The van der Waals surface area contributed by atoms with Crippen LogP contribution >= 0.6 is 31.7 Å². The van der Waals surface area contributed by atoms with Gasteiger partial charge in [0.25, 0.3) is 0 Å². The molecule has 0 aliphatic rings. The van der Waals surface area contributed by atoms with Crippen molar-refractivity contribution in [3.05, 3.63) is 303 Å². The Morgan fingerprint density at radius 3 is 0.418 bits per heavy atom. The smallest absolute Gasteiger partial charge is 0.0620 e. The molecule has 5 heteroatoms. The minimum Gasteiger partial charge on any atom is -0.0620 e. The monoisotopic (exact) mass is 984 g/mol. The zero-order valence-electron chi connectivity index (χ0n) is 37.6. The fraction of sp³-hybridized carbons (Fsp3) is 0.0323. The maximum absolute atomic E-state index is 2.32. The summed E-state index contributed by atoms with van der Waals surface area (Å²) in [7, 11) is -3.32. The van der Waals surface area contributed by atoms with E-state index in [1.165, 1.54) is 65.4 Å². The summed E-state index contributed by atoms with van der Waals surface area (Å²) in [5, 5.41) is 14.7. The van der Waals surface area contributed by atoms with Crippen LogP contribution in [0.1, 0.15) is 0 Å². The van der Waals surface area contributed by atoms with Crippen LogP contribution < -0.4 is 53.0 Å². The second-order valence-electron chi connectivity index (χ2n) is 15.9. The maximum atomic E-state index is 2.32. The number of rotatable bonds is 13. The minimum absolute atomic E-state index is 0. The van der Waals surface area contributed by atoms with Gasteiger partial charge in [0.2, 0.25) is 0 Å². The molecule has 0 radical (unpaired) electrons. The predicted octanol–water partition coefficient (Wildman–Crippen LogP) is 11.1. The van der Waals surface area contributed by atoms with Gasteiger partial charge in [-0.2, -0.15) is 0 Å². The van der Waals surface area contributed by atoms with Crippen LogP contribution in [0.15, 0.2) is 303 Å². The number of benzene rings is 10. The van der Waals surface area contributed by atoms with Crippen molar-refractivity contribution in [1.82, 2.24) is 0 Å². The van der Waals surface area contributed by atoms with Gasteiger partial charge >= 0.3 is 0 Å². The van der Waals surface area contributed by atoms with E-state index in [1.54, 1.807) is 0 Å². The first-order valence-corrected chi connectivity index (χ1v) is 29.2. The van der Waals surface area contributed by atoms with Crippen LogP contribution in [-0.4, -0.2) is 12.3 Å². The molecule has 10 aromatic rings. The Morgan fingerprint density at radius 2 is 0.284 bits per heavy atom. The van der Waals surface area contributed by atoms with Crippen LogP contribution in [0, 0.1) is 0 Å². The molecule has 0 heterocycles. The Balaban J connectivity index is 0.000000152. The van der Waals surface area contributed by atoms with Crippen molar-refractivity contribution in [3.8, 4) is 0 Å². The third-order valence-electron chi connectivity index (χ3n) is 11.5. The average molecular weight is 986 g/mol. The van der Waals surface area contributed by atoms with Crippen LogP contribution in [0.5, 0.6) is 0 Å². The van der Waals surface area contributed by atoms with Crippen LogP contribution in [0.4, 0.5) is 0 Å². The van der Waals surface area contributed by atoms with E-state index < -0.39 is 31.7 Å². The van der Waals surface area contributed by atoms with Gasteiger partial charge in [0, 0.05) is 16.5 Å². The molecule has 10 aromatic carbocycles. The van der Waals surface area contributed by atoms with Gasteiger partial charge in [-0.25, -0.2) is 0 Å². The third-order valence-corrected chi connectivity index (χ3v) is 23.1. The molecule has 0 saturated carbocycles. The molecule has 332 valence electrons. The Bertz CT molecular complexity index is 2360. The second kappa shape index (κ2) is 27.3. The SMILES string of the molecule is [Ni].c1ccc([PH+](CC[PH+](c2ccccc2)c2ccccc2)c2ccccc2)cc1.c1ccc([PH+](c2ccccc2)c2ccccc2)cc1.c1ccc([PH+](c2ccccc2)c2ccccc2)cc1. The first kappa shape index (κ1) is 49.3. The maximum Gasteiger partial charge on any atom is 0.102 e. The van der Waals surface area contributed by atoms with E-state index in [4.69, 9.17) is 0 Å². The van der Waals surface area contributed by atoms with Crippen molar-refractivity contribution in [2.75, 3.05) is 12.3 Å². The van der Waals surface area contributed by atoms with Crippen molar-refractivity contribution in [3.63, 3.8) is 0 Å². The van der Waals surface area contributed by atoms with Crippen LogP contribution in [-0.2, 0) is 16.5 Å². The zero-order valence-corrected chi connectivity index (χ0v) is 42.6. The van der Waals surface area contributed by atoms with E-state index in [0.29, 0.717) is 0 Å². The van der Waals surface area contributed by atoms with E-state index in [-0.39, 0.29) is 16.5 Å². The molecule has 0 spiro atoms. The summed E-state index contributed by atoms with van der Waals surface area (Å²) >= 11 is 0. The van der Waals surface area contributed by atoms with Crippen molar-refractivity contribution >= 4 is 84.7 Å². The summed E-state index contributed by atoms with van der Waals surface area (Å²) in [4.78, 5) is 0. The summed E-state index contributed by atoms with van der Waals surface area (Å²) in [6.07, 6.45) is 2.52. The molecular formula is C62H58NiP4+4. The summed E-state index contributed by atoms with van der Waals surface area (Å²) in [6, 6.07) is 110. The first-order valence-electron chi connectivity index (χ1n) is 22.8. The van der Waals surface area contributed by atoms with Gasteiger partial charge in [-0.05, 0) is 121 Å². The molecule has 0 N–H and O–H groups in total. The summed E-state index contributed by atoms with van der Waals surface area (Å²) in [5.74, 6) is 0. The van der Waals surface area contributed by atoms with Crippen molar-refractivity contribution in [1.29, 1.82) is 0 Å². The predicted molar refractivity (Wildman–Crippen MR) is 304 cm³/mol. The van der Waals surface area contributed by atoms with Gasteiger partial charge in [-0.15, -0.1) is 0 Å². The molecule has 0 atom stereocenters. The molecule has 0 unspecified atom stereocenters. The number of hydrogen-bond acceptors (Lipinski definition) is 0. The van der Waals surface area contributed by atoms with Gasteiger partial charge in [-0.3, -0.25) is 0 Å². The Hall–Kier alpha value is -5.59. The van der Waals surface area contributed by atoms with Gasteiger partial charge in [0.05, 0.1) is 52.9 Å². The quantitative estimate of drug-likeness (QED) is 0.0798. The van der Waals surface area contributed by atoms with E-state index in [9.17, 15) is 0 Å². The van der Waals surface area contributed by atoms with Gasteiger partial charge in [-0.1, -0.05) is 182 Å². The molecule has 10 rings (SSSR count). The molecule has 67 heavy (non-hydrogen) atoms. The minimum atomic E-state index is -0.877. The van der Waals surface area contributed by atoms with E-state index in [2.05, 4.69) is 303 Å². The first-order chi connectivity index (χ1) is 32.8. The Kier molecular flexibility index (Phi) is 20.1. The Labute approximate surface area is 414 Å². The number of hydrogen-bond donors (Lipinski definition) is 0. The van der Waals surface area contributed by atoms with Crippen molar-refractivity contribution in [2.45, 2.75) is 0 Å². The van der Waals surface area contributed by atoms with E-state index >= 15 is 0 Å². The summed E-state index contributed by atoms with van der Waals surface area (Å²) in [6.45, 7) is 0. The van der Waals surface area contributed by atoms with Crippen molar-refractivity contribution in [2.24, 2.45) is 0 Å². The topological polar surface area (TPSA) is 0 Å². The average Bonchev–Trinajstić information content (AvgIpc) is 3.41. The normalized spacial score (nSPS) is 10.6. The zero-order chi connectivity index (χ0) is 44.9. The standard InChI is InChI=1S/C26H24P2.2C18H15P.Ni/c1-5-13-23(14-6-1)27(24-15-7-2-8-16-24)21-22-28(25-17-9-3-10-18-25)26-19-11-4-12-20-26;2*1-4-10-16(11-5-1)19(17-12-6-2-7-13-17)18-14-8-3-9-15-18;/h1-20H,21-22H2;2*1-15H;/p+4. The molecule has 0 saturated heterocycles. The largest absolute Gasteiger partial charge is 0.102 e. The second-order valence-corrected chi connectivity index (χ2v) is 26.1. The van der Waals surface area contributed by atoms with Crippen LogP contribution in [0.3, 0.4) is 0 Å². The fourth-order valence-corrected chi connectivity index (χ4v) is 19.7. The fourth-order valence-electron chi connectivity index (χ4n) is 8.35. The summed E-state index contributed by atoms with van der Waals surface area (Å²) < 4.78 is 0. The van der Waals surface area contributed by atoms with E-state index in [0.717, 1.165) is 0 Å². The van der Waals surface area contributed by atoms with Crippen LogP contribution in [0.25, 0.3) is 0 Å². The molecule has 0 nitrogen and oxygen atoms in total. The van der Waals surface area contributed by atoms with Crippen molar-refractivity contribution < 1.29 is 16.5 Å². The molecule has 0 amide bonds. The Morgan fingerprint density at radius 1 is 0.164 bits per heavy atom. The van der Waals surface area contributed by atoms with Gasteiger partial charge in [0.1, 0.15) is 44.2 Å². The van der Waals surface area contributed by atoms with Crippen LogP contribution in [0.2, 0.25) is 0 Å². The molecule has 0 aliphatic heterocycles.